The molecule has 0 saturated carbocycles. The van der Waals surface area contributed by atoms with E-state index in [-0.39, 0.29) is 0 Å². The third kappa shape index (κ3) is 4.73. The summed E-state index contributed by atoms with van der Waals surface area (Å²) in [5.41, 5.74) is 5.52. The molecule has 0 aromatic rings. The second-order valence-electron chi connectivity index (χ2n) is 6.60. The maximum absolute atomic E-state index is 5.52. The maximum atomic E-state index is 5.52. The molecule has 0 spiro atoms. The third-order valence-electron chi connectivity index (χ3n) is 5.11. The number of rotatable bonds is 7. The lowest BCUT2D eigenvalue weighted by molar-refractivity contribution is 0.0380. The molecule has 2 aliphatic rings. The summed E-state index contributed by atoms with van der Waals surface area (Å²) in [4.78, 5) is 5.33. The monoisotopic (exact) mass is 267 g/mol. The van der Waals surface area contributed by atoms with Crippen LogP contribution < -0.4 is 5.73 Å². The first-order chi connectivity index (χ1) is 9.31. The molecule has 19 heavy (non-hydrogen) atoms. The van der Waals surface area contributed by atoms with Crippen LogP contribution in [0.5, 0.6) is 0 Å². The number of piperidine rings is 2. The second kappa shape index (κ2) is 8.23. The molecule has 0 bridgehead atoms. The minimum absolute atomic E-state index is 0.864. The number of nitrogens with two attached hydrogens (primary N) is 1. The minimum atomic E-state index is 0.864. The Labute approximate surface area is 119 Å². The average molecular weight is 267 g/mol. The minimum Gasteiger partial charge on any atom is -0.330 e. The van der Waals surface area contributed by atoms with Gasteiger partial charge in [-0.05, 0) is 71.2 Å². The number of likely N-dealkylation sites (tertiary alicyclic amines) is 2. The molecule has 2 N–H and O–H groups in total. The molecule has 2 unspecified atom stereocenters. The molecule has 2 atom stereocenters. The van der Waals surface area contributed by atoms with E-state index in [1.807, 2.05) is 0 Å². The van der Waals surface area contributed by atoms with Gasteiger partial charge >= 0.3 is 0 Å². The van der Waals surface area contributed by atoms with E-state index < -0.39 is 0 Å². The van der Waals surface area contributed by atoms with Gasteiger partial charge in [-0.3, -0.25) is 0 Å². The second-order valence-corrected chi connectivity index (χ2v) is 6.60. The van der Waals surface area contributed by atoms with Crippen molar-refractivity contribution in [3.8, 4) is 0 Å². The zero-order valence-corrected chi connectivity index (χ0v) is 12.8. The molecule has 2 rings (SSSR count). The van der Waals surface area contributed by atoms with Crippen molar-refractivity contribution in [2.24, 2.45) is 11.7 Å². The first-order valence-corrected chi connectivity index (χ1v) is 8.44. The molecule has 0 aromatic heterocycles. The molecule has 3 heteroatoms. The summed E-state index contributed by atoms with van der Waals surface area (Å²) in [7, 11) is 2.32. The number of unbranched alkanes of at least 4 members (excludes halogenated alkanes) is 4. The van der Waals surface area contributed by atoms with Crippen LogP contribution in [-0.4, -0.2) is 55.6 Å². The highest BCUT2D eigenvalue weighted by atomic mass is 15.2. The van der Waals surface area contributed by atoms with Crippen molar-refractivity contribution >= 4 is 0 Å². The van der Waals surface area contributed by atoms with Crippen LogP contribution in [0.2, 0.25) is 0 Å². The predicted molar refractivity (Wildman–Crippen MR) is 82.3 cm³/mol. The molecule has 112 valence electrons. The normalized spacial score (nSPS) is 29.4. The van der Waals surface area contributed by atoms with Gasteiger partial charge in [-0.15, -0.1) is 0 Å². The van der Waals surface area contributed by atoms with Gasteiger partial charge in [0.15, 0.2) is 0 Å². The molecule has 0 radical (unpaired) electrons. The Balaban J connectivity index is 1.59. The van der Waals surface area contributed by atoms with Crippen molar-refractivity contribution < 1.29 is 0 Å². The quantitative estimate of drug-likeness (QED) is 0.719. The first kappa shape index (κ1) is 15.3. The van der Waals surface area contributed by atoms with E-state index in [0.717, 1.165) is 18.5 Å². The van der Waals surface area contributed by atoms with Crippen LogP contribution in [0.1, 0.15) is 51.4 Å². The van der Waals surface area contributed by atoms with E-state index in [0.29, 0.717) is 0 Å². The topological polar surface area (TPSA) is 32.5 Å². The average Bonchev–Trinajstić information content (AvgIpc) is 2.43. The Morgan fingerprint density at radius 1 is 1.00 bits per heavy atom. The van der Waals surface area contributed by atoms with Gasteiger partial charge in [0.25, 0.3) is 0 Å². The molecule has 0 amide bonds. The van der Waals surface area contributed by atoms with Crippen molar-refractivity contribution in [2.45, 2.75) is 57.4 Å². The fraction of sp³-hybridized carbons (Fsp3) is 1.00. The van der Waals surface area contributed by atoms with Crippen molar-refractivity contribution in [3.05, 3.63) is 0 Å². The smallest absolute Gasteiger partial charge is 0.0145 e. The van der Waals surface area contributed by atoms with Crippen molar-refractivity contribution in [2.75, 3.05) is 39.8 Å². The van der Waals surface area contributed by atoms with Crippen LogP contribution in [0, 0.1) is 5.92 Å². The van der Waals surface area contributed by atoms with E-state index in [2.05, 4.69) is 16.8 Å². The molecule has 0 aliphatic carbocycles. The summed E-state index contributed by atoms with van der Waals surface area (Å²) in [6, 6.07) is 0.884. The van der Waals surface area contributed by atoms with E-state index in [1.54, 1.807) is 0 Å². The van der Waals surface area contributed by atoms with E-state index in [4.69, 9.17) is 5.73 Å². The summed E-state index contributed by atoms with van der Waals surface area (Å²) in [5, 5.41) is 0. The van der Waals surface area contributed by atoms with E-state index in [9.17, 15) is 0 Å². The molecule has 2 heterocycles. The lowest BCUT2D eigenvalue weighted by Crippen LogP contribution is -2.52. The lowest BCUT2D eigenvalue weighted by atomic mass is 9.84. The van der Waals surface area contributed by atoms with E-state index >= 15 is 0 Å². The van der Waals surface area contributed by atoms with Gasteiger partial charge < -0.3 is 15.5 Å². The van der Waals surface area contributed by atoms with Crippen LogP contribution in [0.25, 0.3) is 0 Å². The predicted octanol–water partition coefficient (Wildman–Crippen LogP) is 2.31. The van der Waals surface area contributed by atoms with Crippen LogP contribution in [0.3, 0.4) is 0 Å². The van der Waals surface area contributed by atoms with Crippen molar-refractivity contribution in [3.63, 3.8) is 0 Å². The molecule has 2 saturated heterocycles. The largest absolute Gasteiger partial charge is 0.330 e. The summed E-state index contributed by atoms with van der Waals surface area (Å²) < 4.78 is 0. The Bertz CT molecular complexity index is 244. The van der Waals surface area contributed by atoms with Crippen LogP contribution in [0.15, 0.2) is 0 Å². The lowest BCUT2D eigenvalue weighted by Gasteiger charge is -2.46. The Hall–Kier alpha value is -0.120. The molecular weight excluding hydrogens is 234 g/mol. The summed E-state index contributed by atoms with van der Waals surface area (Å²) >= 11 is 0. The van der Waals surface area contributed by atoms with Gasteiger partial charge in [-0.25, -0.2) is 0 Å². The third-order valence-corrected chi connectivity index (χ3v) is 5.11. The van der Waals surface area contributed by atoms with Crippen molar-refractivity contribution in [1.29, 1.82) is 0 Å². The molecule has 3 nitrogen and oxygen atoms in total. The standard InChI is InChI=1S/C16H33N3/c1-18-11-7-8-15-14-19(13-9-16(15)18)12-6-4-2-3-5-10-17/h15-16H,2-14,17H2,1H3. The van der Waals surface area contributed by atoms with Gasteiger partial charge in [-0.1, -0.05) is 19.3 Å². The fourth-order valence-electron chi connectivity index (χ4n) is 3.94. The highest BCUT2D eigenvalue weighted by molar-refractivity contribution is 4.89. The zero-order valence-electron chi connectivity index (χ0n) is 12.8. The SMILES string of the molecule is CN1CCCC2CN(CCCCCCCN)CCC21. The number of hydrogen-bond acceptors (Lipinski definition) is 3. The van der Waals surface area contributed by atoms with Gasteiger partial charge in [0.2, 0.25) is 0 Å². The highest BCUT2D eigenvalue weighted by Crippen LogP contribution is 2.29. The Morgan fingerprint density at radius 2 is 1.79 bits per heavy atom. The number of nitrogens with zero attached hydrogens (tertiary/aromatic N) is 2. The van der Waals surface area contributed by atoms with Crippen LogP contribution in [-0.2, 0) is 0 Å². The summed E-state index contributed by atoms with van der Waals surface area (Å²) in [6.45, 7) is 6.20. The summed E-state index contributed by atoms with van der Waals surface area (Å²) in [6.07, 6.45) is 11.0. The van der Waals surface area contributed by atoms with Gasteiger partial charge in [-0.2, -0.15) is 0 Å². The Morgan fingerprint density at radius 3 is 2.63 bits per heavy atom. The molecule has 0 aromatic carbocycles. The number of hydrogen-bond donors (Lipinski definition) is 1. The summed E-state index contributed by atoms with van der Waals surface area (Å²) in [5.74, 6) is 0.949. The molecular formula is C16H33N3. The number of fused-ring (bicyclic) bond motifs is 1. The molecule has 2 aliphatic heterocycles. The maximum Gasteiger partial charge on any atom is 0.0145 e. The molecule has 2 fully saturated rings. The Kier molecular flexibility index (Phi) is 6.62. The van der Waals surface area contributed by atoms with E-state index in [1.165, 1.54) is 77.5 Å². The van der Waals surface area contributed by atoms with Crippen molar-refractivity contribution in [1.82, 2.24) is 9.80 Å². The fourth-order valence-corrected chi connectivity index (χ4v) is 3.94. The highest BCUT2D eigenvalue weighted by Gasteiger charge is 2.33. The van der Waals surface area contributed by atoms with Gasteiger partial charge in [0.1, 0.15) is 0 Å². The first-order valence-electron chi connectivity index (χ1n) is 8.44. The van der Waals surface area contributed by atoms with Gasteiger partial charge in [0.05, 0.1) is 0 Å². The van der Waals surface area contributed by atoms with Gasteiger partial charge in [0, 0.05) is 12.6 Å². The van der Waals surface area contributed by atoms with Crippen LogP contribution in [0.4, 0.5) is 0 Å². The van der Waals surface area contributed by atoms with Crippen LogP contribution >= 0.6 is 0 Å². The zero-order chi connectivity index (χ0) is 13.5.